The van der Waals surface area contributed by atoms with E-state index in [2.05, 4.69) is 47.4 Å². The van der Waals surface area contributed by atoms with Gasteiger partial charge in [-0.25, -0.2) is 0 Å². The highest BCUT2D eigenvalue weighted by atomic mass is 32.2. The minimum absolute atomic E-state index is 0.114. The minimum atomic E-state index is 0.114. The molecule has 0 aliphatic carbocycles. The van der Waals surface area contributed by atoms with Crippen molar-refractivity contribution in [3.8, 4) is 5.75 Å². The lowest BCUT2D eigenvalue weighted by atomic mass is 10.1. The fourth-order valence-electron chi connectivity index (χ4n) is 3.83. The molecule has 0 saturated carbocycles. The van der Waals surface area contributed by atoms with Crippen LogP contribution >= 0.6 is 11.8 Å². The van der Waals surface area contributed by atoms with Crippen LogP contribution in [0.15, 0.2) is 78.9 Å². The third-order valence-corrected chi connectivity index (χ3v) is 6.65. The van der Waals surface area contributed by atoms with E-state index >= 15 is 0 Å². The van der Waals surface area contributed by atoms with Gasteiger partial charge in [-0.3, -0.25) is 4.79 Å². The van der Waals surface area contributed by atoms with Gasteiger partial charge in [-0.2, -0.15) is 11.8 Å². The molecule has 0 unspecified atom stereocenters. The largest absolute Gasteiger partial charge is 0.495 e. The Balaban J connectivity index is 1.29. The maximum Gasteiger partial charge on any atom is 0.253 e. The smallest absolute Gasteiger partial charge is 0.253 e. The summed E-state index contributed by atoms with van der Waals surface area (Å²) in [6, 6.07) is 26.7. The van der Waals surface area contributed by atoms with Gasteiger partial charge in [-0.15, -0.1) is 0 Å². The lowest BCUT2D eigenvalue weighted by Crippen LogP contribution is -2.48. The number of ether oxygens (including phenoxy) is 1. The van der Waals surface area contributed by atoms with E-state index in [-0.39, 0.29) is 5.91 Å². The predicted octanol–water partition coefficient (Wildman–Crippen LogP) is 5.09. The number of carbonyl (C=O) groups excluding carboxylic acids is 1. The van der Waals surface area contributed by atoms with E-state index in [4.69, 9.17) is 4.74 Å². The first kappa shape index (κ1) is 21.3. The van der Waals surface area contributed by atoms with E-state index in [9.17, 15) is 4.79 Å². The van der Waals surface area contributed by atoms with E-state index in [1.165, 1.54) is 11.1 Å². The Morgan fingerprint density at radius 3 is 2.10 bits per heavy atom. The molecule has 1 aliphatic heterocycles. The molecule has 4 nitrogen and oxygen atoms in total. The van der Waals surface area contributed by atoms with Crippen LogP contribution in [-0.2, 0) is 11.5 Å². The second-order valence-electron chi connectivity index (χ2n) is 7.63. The predicted molar refractivity (Wildman–Crippen MR) is 129 cm³/mol. The topological polar surface area (TPSA) is 32.8 Å². The molecule has 3 aromatic carbocycles. The normalized spacial score (nSPS) is 13.8. The number of thioether (sulfide) groups is 1. The summed E-state index contributed by atoms with van der Waals surface area (Å²) in [6.45, 7) is 3.04. The molecule has 5 heteroatoms. The molecule has 0 spiro atoms. The zero-order chi connectivity index (χ0) is 21.5. The Bertz CT molecular complexity index is 984. The quantitative estimate of drug-likeness (QED) is 0.521. The third-order valence-electron chi connectivity index (χ3n) is 5.57. The van der Waals surface area contributed by atoms with Crippen molar-refractivity contribution in [2.24, 2.45) is 0 Å². The molecule has 1 fully saturated rings. The maximum absolute atomic E-state index is 13.0. The number of anilines is 1. The Morgan fingerprint density at radius 1 is 0.806 bits per heavy atom. The summed E-state index contributed by atoms with van der Waals surface area (Å²) in [5.41, 5.74) is 4.45. The van der Waals surface area contributed by atoms with Crippen LogP contribution in [0.3, 0.4) is 0 Å². The molecule has 3 aromatic rings. The second kappa shape index (κ2) is 10.4. The monoisotopic (exact) mass is 432 g/mol. The molecular formula is C26H28N2O2S. The Labute approximate surface area is 188 Å². The van der Waals surface area contributed by atoms with Crippen molar-refractivity contribution in [3.63, 3.8) is 0 Å². The molecule has 4 rings (SSSR count). The van der Waals surface area contributed by atoms with E-state index in [0.29, 0.717) is 13.1 Å². The van der Waals surface area contributed by atoms with Gasteiger partial charge in [0.05, 0.1) is 12.8 Å². The first-order valence-electron chi connectivity index (χ1n) is 10.6. The van der Waals surface area contributed by atoms with Gasteiger partial charge >= 0.3 is 0 Å². The van der Waals surface area contributed by atoms with E-state index < -0.39 is 0 Å². The van der Waals surface area contributed by atoms with Gasteiger partial charge in [0.2, 0.25) is 0 Å². The molecule has 1 saturated heterocycles. The van der Waals surface area contributed by atoms with Crippen molar-refractivity contribution in [1.29, 1.82) is 0 Å². The molecule has 31 heavy (non-hydrogen) atoms. The number of amides is 1. The highest BCUT2D eigenvalue weighted by Gasteiger charge is 2.23. The number of para-hydroxylation sites is 2. The van der Waals surface area contributed by atoms with Crippen LogP contribution in [0, 0.1) is 0 Å². The van der Waals surface area contributed by atoms with Crippen molar-refractivity contribution < 1.29 is 9.53 Å². The fourth-order valence-corrected chi connectivity index (χ4v) is 4.79. The number of benzene rings is 3. The Morgan fingerprint density at radius 2 is 1.42 bits per heavy atom. The average molecular weight is 433 g/mol. The number of hydrogen-bond donors (Lipinski definition) is 0. The van der Waals surface area contributed by atoms with Gasteiger partial charge in [-0.05, 0) is 35.4 Å². The van der Waals surface area contributed by atoms with E-state index in [1.54, 1.807) is 7.11 Å². The first-order valence-corrected chi connectivity index (χ1v) is 11.8. The number of carbonyl (C=O) groups is 1. The van der Waals surface area contributed by atoms with Crippen LogP contribution in [0.5, 0.6) is 5.75 Å². The summed E-state index contributed by atoms with van der Waals surface area (Å²) in [5, 5.41) is 0. The van der Waals surface area contributed by atoms with E-state index in [1.807, 2.05) is 53.1 Å². The highest BCUT2D eigenvalue weighted by molar-refractivity contribution is 7.97. The summed E-state index contributed by atoms with van der Waals surface area (Å²) in [5.74, 6) is 2.94. The molecule has 160 valence electrons. The molecule has 0 aromatic heterocycles. The standard InChI is InChI=1S/C26H28N2O2S/c1-30-25-10-6-5-9-24(25)27-15-17-28(18-16-27)26(29)23-13-11-22(12-14-23)20-31-19-21-7-3-2-4-8-21/h2-14H,15-20H2,1H3. The SMILES string of the molecule is COc1ccccc1N1CCN(C(=O)c2ccc(CSCc3ccccc3)cc2)CC1. The summed E-state index contributed by atoms with van der Waals surface area (Å²) in [7, 11) is 1.70. The van der Waals surface area contributed by atoms with Crippen LogP contribution in [-0.4, -0.2) is 44.1 Å². The lowest BCUT2D eigenvalue weighted by Gasteiger charge is -2.36. The highest BCUT2D eigenvalue weighted by Crippen LogP contribution is 2.28. The molecule has 0 N–H and O–H groups in total. The third kappa shape index (κ3) is 5.42. The van der Waals surface area contributed by atoms with Crippen molar-refractivity contribution in [3.05, 3.63) is 95.6 Å². The van der Waals surface area contributed by atoms with Crippen LogP contribution < -0.4 is 9.64 Å². The minimum Gasteiger partial charge on any atom is -0.495 e. The molecular weight excluding hydrogens is 404 g/mol. The van der Waals surface area contributed by atoms with Crippen LogP contribution in [0.25, 0.3) is 0 Å². The van der Waals surface area contributed by atoms with Crippen molar-refractivity contribution in [2.45, 2.75) is 11.5 Å². The molecule has 0 radical (unpaired) electrons. The van der Waals surface area contributed by atoms with Gasteiger partial charge in [0.15, 0.2) is 0 Å². The van der Waals surface area contributed by atoms with Crippen molar-refractivity contribution >= 4 is 23.4 Å². The number of rotatable bonds is 7. The van der Waals surface area contributed by atoms with Gasteiger partial charge in [0.25, 0.3) is 5.91 Å². The fraction of sp³-hybridized carbons (Fsp3) is 0.269. The average Bonchev–Trinajstić information content (AvgIpc) is 2.85. The molecule has 1 heterocycles. The number of methoxy groups -OCH3 is 1. The number of nitrogens with zero attached hydrogens (tertiary/aromatic N) is 2. The molecule has 0 atom stereocenters. The van der Waals surface area contributed by atoms with Gasteiger partial charge in [-0.1, -0.05) is 54.6 Å². The summed E-state index contributed by atoms with van der Waals surface area (Å²) in [4.78, 5) is 17.2. The molecule has 1 amide bonds. The number of piperazine rings is 1. The summed E-state index contributed by atoms with van der Waals surface area (Å²) < 4.78 is 5.48. The second-order valence-corrected chi connectivity index (χ2v) is 8.61. The van der Waals surface area contributed by atoms with Crippen molar-refractivity contribution in [1.82, 2.24) is 4.90 Å². The van der Waals surface area contributed by atoms with Crippen LogP contribution in [0.2, 0.25) is 0 Å². The Kier molecular flexibility index (Phi) is 7.15. The van der Waals surface area contributed by atoms with Crippen LogP contribution in [0.1, 0.15) is 21.5 Å². The van der Waals surface area contributed by atoms with E-state index in [0.717, 1.165) is 41.6 Å². The zero-order valence-electron chi connectivity index (χ0n) is 17.9. The Hall–Kier alpha value is -2.92. The van der Waals surface area contributed by atoms with Crippen molar-refractivity contribution in [2.75, 3.05) is 38.2 Å². The summed E-state index contributed by atoms with van der Waals surface area (Å²) in [6.07, 6.45) is 0. The molecule has 0 bridgehead atoms. The maximum atomic E-state index is 13.0. The van der Waals surface area contributed by atoms with Crippen LogP contribution in [0.4, 0.5) is 5.69 Å². The van der Waals surface area contributed by atoms with Gasteiger partial charge in [0.1, 0.15) is 5.75 Å². The lowest BCUT2D eigenvalue weighted by molar-refractivity contribution is 0.0746. The number of hydrogen-bond acceptors (Lipinski definition) is 4. The van der Waals surface area contributed by atoms with Gasteiger partial charge < -0.3 is 14.5 Å². The van der Waals surface area contributed by atoms with Gasteiger partial charge in [0, 0.05) is 43.2 Å². The first-order chi connectivity index (χ1) is 15.2. The summed E-state index contributed by atoms with van der Waals surface area (Å²) >= 11 is 1.89. The molecule has 1 aliphatic rings. The zero-order valence-corrected chi connectivity index (χ0v) is 18.7.